The average molecular weight is 323 g/mol. The summed E-state index contributed by atoms with van der Waals surface area (Å²) in [4.78, 5) is 0. The normalized spacial score (nSPS) is 16.3. The molecule has 2 nitrogen and oxygen atoms in total. The molecule has 3 aromatic rings. The predicted molar refractivity (Wildman–Crippen MR) is 101 cm³/mol. The van der Waals surface area contributed by atoms with Gasteiger partial charge in [0.05, 0.1) is 20.4 Å². The quantitative estimate of drug-likeness (QED) is 0.441. The van der Waals surface area contributed by atoms with E-state index in [-0.39, 0.29) is 6.71 Å². The molecule has 3 aromatic carbocycles. The van der Waals surface area contributed by atoms with Gasteiger partial charge in [0.1, 0.15) is 11.5 Å². The fourth-order valence-electron chi connectivity index (χ4n) is 4.21. The highest BCUT2D eigenvalue weighted by Crippen LogP contribution is 2.25. The van der Waals surface area contributed by atoms with Crippen LogP contribution in [-0.4, -0.2) is 15.5 Å². The first-order valence-corrected chi connectivity index (χ1v) is 10.5. The summed E-state index contributed by atoms with van der Waals surface area (Å²) >= 11 is 0. The molecule has 112 valence electrons. The van der Waals surface area contributed by atoms with Crippen molar-refractivity contribution in [1.82, 2.24) is 0 Å². The summed E-state index contributed by atoms with van der Waals surface area (Å²) in [5.74, 6) is 1.77. The van der Waals surface area contributed by atoms with Crippen molar-refractivity contribution in [3.05, 3.63) is 66.2 Å². The number of nitriles is 1. The Kier molecular flexibility index (Phi) is 2.77. The van der Waals surface area contributed by atoms with Gasteiger partial charge in [0.2, 0.25) is 0 Å². The summed E-state index contributed by atoms with van der Waals surface area (Å²) in [5, 5.41) is 12.3. The Morgan fingerprint density at radius 2 is 1.67 bits per heavy atom. The largest absolute Gasteiger partial charge is 0.458 e. The van der Waals surface area contributed by atoms with Crippen LogP contribution in [0.4, 0.5) is 0 Å². The smallest absolute Gasteiger partial charge is 0.250 e. The molecule has 0 radical (unpaired) electrons. The first kappa shape index (κ1) is 13.7. The molecule has 0 aliphatic carbocycles. The molecule has 2 aliphatic heterocycles. The molecule has 2 aliphatic rings. The molecule has 4 heteroatoms. The lowest BCUT2D eigenvalue weighted by atomic mass is 9.35. The second-order valence-corrected chi connectivity index (χ2v) is 9.20. The average Bonchev–Trinajstić information content (AvgIpc) is 2.64. The molecule has 24 heavy (non-hydrogen) atoms. The Hall–Kier alpha value is -2.77. The van der Waals surface area contributed by atoms with Crippen molar-refractivity contribution >= 4 is 42.3 Å². The lowest BCUT2D eigenvalue weighted by Crippen LogP contribution is -2.72. The Morgan fingerprint density at radius 3 is 2.50 bits per heavy atom. The number of para-hydroxylation sites is 1. The summed E-state index contributed by atoms with van der Waals surface area (Å²) < 4.78 is 6.20. The van der Waals surface area contributed by atoms with E-state index in [1.165, 1.54) is 26.8 Å². The molecule has 0 amide bonds. The van der Waals surface area contributed by atoms with E-state index in [1.54, 1.807) is 0 Å². The third-order valence-electron chi connectivity index (χ3n) is 5.28. The van der Waals surface area contributed by atoms with E-state index in [2.05, 4.69) is 55.1 Å². The lowest BCUT2D eigenvalue weighted by molar-refractivity contribution is 0.487. The van der Waals surface area contributed by atoms with Crippen LogP contribution in [0.25, 0.3) is 0 Å². The third-order valence-corrected chi connectivity index (χ3v) is 8.15. The number of hydrogen-bond donors (Lipinski definition) is 0. The molecule has 0 saturated heterocycles. The summed E-state index contributed by atoms with van der Waals surface area (Å²) in [6.45, 7) is 2.57. The highest BCUT2D eigenvalue weighted by atomic mass is 28.3. The van der Waals surface area contributed by atoms with Gasteiger partial charge in [-0.05, 0) is 29.1 Å². The molecule has 1 unspecified atom stereocenters. The van der Waals surface area contributed by atoms with Gasteiger partial charge < -0.3 is 4.74 Å². The number of rotatable bonds is 0. The van der Waals surface area contributed by atoms with E-state index >= 15 is 0 Å². The van der Waals surface area contributed by atoms with E-state index in [0.29, 0.717) is 5.56 Å². The molecule has 0 N–H and O–H groups in total. The van der Waals surface area contributed by atoms with Crippen LogP contribution in [-0.2, 0) is 0 Å². The van der Waals surface area contributed by atoms with E-state index in [1.807, 2.05) is 18.2 Å². The van der Waals surface area contributed by atoms with Crippen LogP contribution < -0.4 is 31.5 Å². The highest BCUT2D eigenvalue weighted by Gasteiger charge is 2.40. The minimum Gasteiger partial charge on any atom is -0.458 e. The van der Waals surface area contributed by atoms with Crippen LogP contribution in [0.5, 0.6) is 11.5 Å². The highest BCUT2D eigenvalue weighted by molar-refractivity contribution is 7.08. The number of benzene rings is 3. The predicted octanol–water partition coefficient (Wildman–Crippen LogP) is 0.465. The van der Waals surface area contributed by atoms with Crippen LogP contribution in [0, 0.1) is 11.3 Å². The third kappa shape index (κ3) is 1.71. The number of fused-ring (bicyclic) bond motifs is 4. The van der Waals surface area contributed by atoms with Gasteiger partial charge in [-0.1, -0.05) is 64.8 Å². The van der Waals surface area contributed by atoms with Gasteiger partial charge >= 0.3 is 0 Å². The van der Waals surface area contributed by atoms with Crippen molar-refractivity contribution in [3.63, 3.8) is 0 Å². The molecular formula is C20H14BNOSi. The van der Waals surface area contributed by atoms with Crippen molar-refractivity contribution < 1.29 is 4.74 Å². The van der Waals surface area contributed by atoms with Crippen LogP contribution >= 0.6 is 0 Å². The molecule has 0 fully saturated rings. The Balaban J connectivity index is 1.90. The summed E-state index contributed by atoms with van der Waals surface area (Å²) in [6, 6.07) is 23.4. The van der Waals surface area contributed by atoms with Gasteiger partial charge in [-0.25, -0.2) is 0 Å². The van der Waals surface area contributed by atoms with Crippen LogP contribution in [0.15, 0.2) is 60.7 Å². The van der Waals surface area contributed by atoms with Crippen molar-refractivity contribution in [2.45, 2.75) is 6.55 Å². The van der Waals surface area contributed by atoms with Crippen molar-refractivity contribution in [3.8, 4) is 17.6 Å². The molecule has 2 heterocycles. The monoisotopic (exact) mass is 323 g/mol. The first-order chi connectivity index (χ1) is 11.8. The Morgan fingerprint density at radius 1 is 0.917 bits per heavy atom. The van der Waals surface area contributed by atoms with Crippen molar-refractivity contribution in [2.75, 3.05) is 0 Å². The number of ether oxygens (including phenoxy) is 1. The molecule has 0 aromatic heterocycles. The maximum Gasteiger partial charge on any atom is 0.250 e. The lowest BCUT2D eigenvalue weighted by Gasteiger charge is -2.35. The maximum absolute atomic E-state index is 9.43. The van der Waals surface area contributed by atoms with E-state index in [0.717, 1.165) is 11.5 Å². The zero-order valence-corrected chi connectivity index (χ0v) is 14.4. The molecular weight excluding hydrogens is 309 g/mol. The second kappa shape index (κ2) is 4.86. The van der Waals surface area contributed by atoms with Crippen molar-refractivity contribution in [1.29, 1.82) is 5.26 Å². The molecule has 5 rings (SSSR count). The van der Waals surface area contributed by atoms with E-state index in [9.17, 15) is 5.26 Å². The summed E-state index contributed by atoms with van der Waals surface area (Å²) in [7, 11) is -1.32. The Bertz CT molecular complexity index is 1040. The molecule has 0 bridgehead atoms. The molecule has 0 spiro atoms. The van der Waals surface area contributed by atoms with E-state index < -0.39 is 8.80 Å². The minimum atomic E-state index is -1.32. The van der Waals surface area contributed by atoms with Gasteiger partial charge in [-0.15, -0.1) is 0 Å². The zero-order chi connectivity index (χ0) is 16.3. The SMILES string of the molecule is C[SiH]1c2ccccc2B2c3ccccc3Oc3cc(C#N)cc1c32. The second-order valence-electron chi connectivity index (χ2n) is 6.51. The Labute approximate surface area is 143 Å². The number of hydrogen-bond acceptors (Lipinski definition) is 2. The van der Waals surface area contributed by atoms with E-state index in [4.69, 9.17) is 4.74 Å². The van der Waals surface area contributed by atoms with Gasteiger partial charge in [0.25, 0.3) is 6.71 Å². The maximum atomic E-state index is 9.43. The zero-order valence-electron chi connectivity index (χ0n) is 13.3. The topological polar surface area (TPSA) is 33.0 Å². The van der Waals surface area contributed by atoms with Gasteiger partial charge in [0.15, 0.2) is 0 Å². The summed E-state index contributed by atoms with van der Waals surface area (Å²) in [5.41, 5.74) is 4.61. The minimum absolute atomic E-state index is 0.215. The molecule has 0 saturated carbocycles. The van der Waals surface area contributed by atoms with Crippen LogP contribution in [0.2, 0.25) is 6.55 Å². The molecule has 1 atom stereocenters. The van der Waals surface area contributed by atoms with Crippen LogP contribution in [0.1, 0.15) is 5.56 Å². The standard InChI is InChI=1S/C20H14BNOSi/c1-24-18-9-5-3-7-15(18)21-14-6-2-4-8-16(14)23-17-10-13(12-22)11-19(24)20(17)21/h2-11,24H,1H3. The summed E-state index contributed by atoms with van der Waals surface area (Å²) in [6.07, 6.45) is 0. The fourth-order valence-corrected chi connectivity index (χ4v) is 6.91. The van der Waals surface area contributed by atoms with Gasteiger partial charge in [-0.3, -0.25) is 0 Å². The fraction of sp³-hybridized carbons (Fsp3) is 0.0500. The van der Waals surface area contributed by atoms with Gasteiger partial charge in [0, 0.05) is 0 Å². The number of nitrogens with zero attached hydrogens (tertiary/aromatic N) is 1. The van der Waals surface area contributed by atoms with Crippen molar-refractivity contribution in [2.24, 2.45) is 0 Å². The van der Waals surface area contributed by atoms with Gasteiger partial charge in [-0.2, -0.15) is 5.26 Å². The first-order valence-electron chi connectivity index (χ1n) is 8.21. The van der Waals surface area contributed by atoms with Crippen LogP contribution in [0.3, 0.4) is 0 Å².